The number of nitrogens with zero attached hydrogens (tertiary/aromatic N) is 1. The number of likely N-dealkylation sites (tertiary alicyclic amines) is 1. The van der Waals surface area contributed by atoms with E-state index in [1.54, 1.807) is 0 Å². The van der Waals surface area contributed by atoms with Crippen LogP contribution >= 0.6 is 0 Å². The zero-order chi connectivity index (χ0) is 16.1. The normalized spacial score (nSPS) is 26.8. The molecule has 4 nitrogen and oxygen atoms in total. The zero-order valence-corrected chi connectivity index (χ0v) is 14.1. The first-order valence-electron chi connectivity index (χ1n) is 8.81. The van der Waals surface area contributed by atoms with E-state index in [1.165, 1.54) is 12.0 Å². The lowest BCUT2D eigenvalue weighted by Gasteiger charge is -2.41. The van der Waals surface area contributed by atoms with Gasteiger partial charge in [0.2, 0.25) is 5.91 Å². The molecule has 2 heterocycles. The molecule has 0 radical (unpaired) electrons. The minimum Gasteiger partial charge on any atom is -0.381 e. The summed E-state index contributed by atoms with van der Waals surface area (Å²) in [6.45, 7) is 6.34. The molecule has 2 aliphatic rings. The van der Waals surface area contributed by atoms with Crippen LogP contribution in [0.5, 0.6) is 0 Å². The summed E-state index contributed by atoms with van der Waals surface area (Å²) < 4.78 is 5.35. The molecule has 1 N–H and O–H groups in total. The fraction of sp³-hybridized carbons (Fsp3) is 0.632. The van der Waals surface area contributed by atoms with Gasteiger partial charge in [0, 0.05) is 31.2 Å². The highest BCUT2D eigenvalue weighted by atomic mass is 16.5. The van der Waals surface area contributed by atoms with Gasteiger partial charge >= 0.3 is 0 Å². The predicted molar refractivity (Wildman–Crippen MR) is 91.5 cm³/mol. The maximum atomic E-state index is 12.3. The van der Waals surface area contributed by atoms with Crippen molar-refractivity contribution in [2.75, 3.05) is 32.8 Å². The molecule has 2 fully saturated rings. The van der Waals surface area contributed by atoms with Gasteiger partial charge in [-0.25, -0.2) is 0 Å². The SMILES string of the molecule is CC1(c2ccccc2)CCCN(CC(=O)NC2CCOCC2)C1. The molecular weight excluding hydrogens is 288 g/mol. The topological polar surface area (TPSA) is 41.6 Å². The van der Waals surface area contributed by atoms with Crippen LogP contribution in [0.4, 0.5) is 0 Å². The summed E-state index contributed by atoms with van der Waals surface area (Å²) in [6, 6.07) is 11.0. The average molecular weight is 316 g/mol. The molecule has 1 aromatic carbocycles. The Hall–Kier alpha value is -1.39. The van der Waals surface area contributed by atoms with Crippen molar-refractivity contribution in [3.8, 4) is 0 Å². The summed E-state index contributed by atoms with van der Waals surface area (Å²) in [6.07, 6.45) is 4.21. The highest BCUT2D eigenvalue weighted by Crippen LogP contribution is 2.33. The van der Waals surface area contributed by atoms with Crippen LogP contribution in [0.1, 0.15) is 38.2 Å². The number of nitrogens with one attached hydrogen (secondary N) is 1. The monoisotopic (exact) mass is 316 g/mol. The molecule has 4 heteroatoms. The number of rotatable bonds is 4. The number of carbonyl (C=O) groups is 1. The maximum Gasteiger partial charge on any atom is 0.234 e. The molecule has 2 saturated heterocycles. The molecule has 1 aromatic rings. The maximum absolute atomic E-state index is 12.3. The van der Waals surface area contributed by atoms with E-state index < -0.39 is 0 Å². The second-order valence-corrected chi connectivity index (χ2v) is 7.20. The first kappa shape index (κ1) is 16.5. The molecule has 0 saturated carbocycles. The van der Waals surface area contributed by atoms with E-state index in [4.69, 9.17) is 4.74 Å². The first-order valence-corrected chi connectivity index (χ1v) is 8.81. The quantitative estimate of drug-likeness (QED) is 0.927. The molecule has 126 valence electrons. The zero-order valence-electron chi connectivity index (χ0n) is 14.1. The van der Waals surface area contributed by atoms with E-state index in [1.807, 2.05) is 0 Å². The fourth-order valence-electron chi connectivity index (χ4n) is 3.87. The molecule has 2 aliphatic heterocycles. The molecule has 1 unspecified atom stereocenters. The van der Waals surface area contributed by atoms with Gasteiger partial charge in [0.25, 0.3) is 0 Å². The number of hydrogen-bond acceptors (Lipinski definition) is 3. The molecule has 0 aliphatic carbocycles. The van der Waals surface area contributed by atoms with Gasteiger partial charge in [-0.05, 0) is 37.8 Å². The lowest BCUT2D eigenvalue weighted by Crippen LogP contribution is -2.50. The van der Waals surface area contributed by atoms with Crippen LogP contribution < -0.4 is 5.32 Å². The number of ether oxygens (including phenoxy) is 1. The minimum atomic E-state index is 0.151. The van der Waals surface area contributed by atoms with Crippen LogP contribution in [0.25, 0.3) is 0 Å². The summed E-state index contributed by atoms with van der Waals surface area (Å²) in [5.41, 5.74) is 1.54. The second kappa shape index (κ2) is 7.45. The second-order valence-electron chi connectivity index (χ2n) is 7.20. The van der Waals surface area contributed by atoms with Gasteiger partial charge in [0.05, 0.1) is 6.54 Å². The van der Waals surface area contributed by atoms with Crippen molar-refractivity contribution >= 4 is 5.91 Å². The Kier molecular flexibility index (Phi) is 5.34. The van der Waals surface area contributed by atoms with E-state index in [-0.39, 0.29) is 11.3 Å². The number of piperidine rings is 1. The fourth-order valence-corrected chi connectivity index (χ4v) is 3.87. The lowest BCUT2D eigenvalue weighted by atomic mass is 9.76. The van der Waals surface area contributed by atoms with E-state index in [2.05, 4.69) is 47.5 Å². The van der Waals surface area contributed by atoms with Gasteiger partial charge in [-0.1, -0.05) is 37.3 Å². The van der Waals surface area contributed by atoms with E-state index in [9.17, 15) is 4.79 Å². The van der Waals surface area contributed by atoms with Crippen molar-refractivity contribution in [3.05, 3.63) is 35.9 Å². The number of benzene rings is 1. The van der Waals surface area contributed by atoms with Gasteiger partial charge in [0.1, 0.15) is 0 Å². The molecule has 1 amide bonds. The molecule has 23 heavy (non-hydrogen) atoms. The molecule has 0 aromatic heterocycles. The Balaban J connectivity index is 1.55. The van der Waals surface area contributed by atoms with Gasteiger partial charge < -0.3 is 10.1 Å². The van der Waals surface area contributed by atoms with Crippen LogP contribution in [0, 0.1) is 0 Å². The molecule has 0 spiro atoms. The minimum absolute atomic E-state index is 0.151. The molecule has 1 atom stereocenters. The summed E-state index contributed by atoms with van der Waals surface area (Å²) in [5.74, 6) is 0.161. The summed E-state index contributed by atoms with van der Waals surface area (Å²) in [4.78, 5) is 14.6. The summed E-state index contributed by atoms with van der Waals surface area (Å²) in [5, 5.41) is 3.17. The Morgan fingerprint density at radius 2 is 2.04 bits per heavy atom. The summed E-state index contributed by atoms with van der Waals surface area (Å²) in [7, 11) is 0. The number of carbonyl (C=O) groups excluding carboxylic acids is 1. The molecular formula is C19H28N2O2. The van der Waals surface area contributed by atoms with Crippen LogP contribution in [0.2, 0.25) is 0 Å². The molecule has 3 rings (SSSR count). The van der Waals surface area contributed by atoms with Crippen molar-refractivity contribution in [3.63, 3.8) is 0 Å². The highest BCUT2D eigenvalue weighted by Gasteiger charge is 2.33. The molecule has 0 bridgehead atoms. The third kappa shape index (κ3) is 4.33. The smallest absolute Gasteiger partial charge is 0.234 e. The Labute approximate surface area is 139 Å². The van der Waals surface area contributed by atoms with Crippen LogP contribution in [-0.4, -0.2) is 49.7 Å². The van der Waals surface area contributed by atoms with Crippen molar-refractivity contribution in [1.29, 1.82) is 0 Å². The predicted octanol–water partition coefficient (Wildman–Crippen LogP) is 2.34. The van der Waals surface area contributed by atoms with Gasteiger partial charge in [0.15, 0.2) is 0 Å². The number of amides is 1. The van der Waals surface area contributed by atoms with E-state index in [0.29, 0.717) is 12.6 Å². The van der Waals surface area contributed by atoms with Crippen molar-refractivity contribution < 1.29 is 9.53 Å². The lowest BCUT2D eigenvalue weighted by molar-refractivity contribution is -0.124. The average Bonchev–Trinajstić information content (AvgIpc) is 2.56. The van der Waals surface area contributed by atoms with E-state index in [0.717, 1.165) is 45.6 Å². The van der Waals surface area contributed by atoms with Gasteiger partial charge in [-0.2, -0.15) is 0 Å². The van der Waals surface area contributed by atoms with E-state index >= 15 is 0 Å². The van der Waals surface area contributed by atoms with Crippen LogP contribution in [0.15, 0.2) is 30.3 Å². The van der Waals surface area contributed by atoms with Gasteiger partial charge in [-0.3, -0.25) is 9.69 Å². The summed E-state index contributed by atoms with van der Waals surface area (Å²) >= 11 is 0. The third-order valence-electron chi connectivity index (χ3n) is 5.20. The first-order chi connectivity index (χ1) is 11.2. The Morgan fingerprint density at radius 1 is 1.30 bits per heavy atom. The third-order valence-corrected chi connectivity index (χ3v) is 5.20. The van der Waals surface area contributed by atoms with Crippen molar-refractivity contribution in [2.45, 2.75) is 44.1 Å². The largest absolute Gasteiger partial charge is 0.381 e. The highest BCUT2D eigenvalue weighted by molar-refractivity contribution is 5.78. The van der Waals surface area contributed by atoms with Gasteiger partial charge in [-0.15, -0.1) is 0 Å². The van der Waals surface area contributed by atoms with Crippen LogP contribution in [0.3, 0.4) is 0 Å². The van der Waals surface area contributed by atoms with Crippen molar-refractivity contribution in [2.24, 2.45) is 0 Å². The van der Waals surface area contributed by atoms with Crippen LogP contribution in [-0.2, 0) is 14.9 Å². The van der Waals surface area contributed by atoms with Crippen molar-refractivity contribution in [1.82, 2.24) is 10.2 Å². The number of hydrogen-bond donors (Lipinski definition) is 1. The Morgan fingerprint density at radius 3 is 2.78 bits per heavy atom. The standard InChI is InChI=1S/C19H28N2O2/c1-19(16-6-3-2-4-7-16)10-5-11-21(15-19)14-18(22)20-17-8-12-23-13-9-17/h2-4,6-7,17H,5,8-15H2,1H3,(H,20,22). The Bertz CT molecular complexity index is 513.